The SMILES string of the molecule is CC(C)NCCCC(=O)CNC(=O)CNC(C)C. The lowest BCUT2D eigenvalue weighted by Crippen LogP contribution is -2.39. The Morgan fingerprint density at radius 1 is 0.944 bits per heavy atom. The number of carbonyl (C=O) groups is 2. The van der Waals surface area contributed by atoms with Gasteiger partial charge < -0.3 is 16.0 Å². The summed E-state index contributed by atoms with van der Waals surface area (Å²) in [5, 5.41) is 8.87. The molecule has 0 saturated carbocycles. The molecule has 0 aliphatic heterocycles. The van der Waals surface area contributed by atoms with Crippen molar-refractivity contribution >= 4 is 11.7 Å². The fraction of sp³-hybridized carbons (Fsp3) is 0.846. The smallest absolute Gasteiger partial charge is 0.234 e. The molecule has 0 aromatic carbocycles. The summed E-state index contributed by atoms with van der Waals surface area (Å²) in [6, 6.07) is 0.718. The number of hydrogen-bond donors (Lipinski definition) is 3. The highest BCUT2D eigenvalue weighted by molar-refractivity contribution is 5.86. The summed E-state index contributed by atoms with van der Waals surface area (Å²) >= 11 is 0. The second-order valence-electron chi connectivity index (χ2n) is 5.06. The molecule has 0 bridgehead atoms. The summed E-state index contributed by atoms with van der Waals surface area (Å²) in [4.78, 5) is 22.8. The number of hydrogen-bond acceptors (Lipinski definition) is 4. The third-order valence-electron chi connectivity index (χ3n) is 2.34. The molecule has 18 heavy (non-hydrogen) atoms. The molecular formula is C13H27N3O2. The average molecular weight is 257 g/mol. The molecule has 0 heterocycles. The van der Waals surface area contributed by atoms with Crippen LogP contribution in [0, 0.1) is 0 Å². The first-order chi connectivity index (χ1) is 8.41. The van der Waals surface area contributed by atoms with Gasteiger partial charge in [0.05, 0.1) is 13.1 Å². The van der Waals surface area contributed by atoms with Gasteiger partial charge in [-0.3, -0.25) is 9.59 Å². The molecule has 1 amide bonds. The van der Waals surface area contributed by atoms with Gasteiger partial charge in [0.1, 0.15) is 0 Å². The molecule has 3 N–H and O–H groups in total. The Bertz CT molecular complexity index is 253. The summed E-state index contributed by atoms with van der Waals surface area (Å²) in [6.07, 6.45) is 1.33. The Labute approximate surface area is 110 Å². The van der Waals surface area contributed by atoms with Crippen LogP contribution in [0.3, 0.4) is 0 Å². The van der Waals surface area contributed by atoms with Gasteiger partial charge in [0.2, 0.25) is 5.91 Å². The third kappa shape index (κ3) is 11.5. The number of carbonyl (C=O) groups excluding carboxylic acids is 2. The normalized spacial score (nSPS) is 11.0. The lowest BCUT2D eigenvalue weighted by molar-refractivity contribution is -0.124. The molecule has 0 fully saturated rings. The van der Waals surface area contributed by atoms with Gasteiger partial charge in [-0.15, -0.1) is 0 Å². The summed E-state index contributed by atoms with van der Waals surface area (Å²) < 4.78 is 0. The largest absolute Gasteiger partial charge is 0.348 e. The van der Waals surface area contributed by atoms with Crippen LogP contribution in [0.2, 0.25) is 0 Å². The van der Waals surface area contributed by atoms with Gasteiger partial charge in [-0.05, 0) is 13.0 Å². The molecule has 0 saturated heterocycles. The first kappa shape index (κ1) is 17.1. The van der Waals surface area contributed by atoms with E-state index < -0.39 is 0 Å². The molecular weight excluding hydrogens is 230 g/mol. The number of Topliss-reactive ketones (excluding diaryl/α,β-unsaturated/α-hetero) is 1. The number of amides is 1. The maximum Gasteiger partial charge on any atom is 0.234 e. The van der Waals surface area contributed by atoms with Crippen LogP contribution in [0.15, 0.2) is 0 Å². The Hall–Kier alpha value is -0.940. The van der Waals surface area contributed by atoms with Gasteiger partial charge in [0, 0.05) is 18.5 Å². The average Bonchev–Trinajstić information content (AvgIpc) is 2.29. The van der Waals surface area contributed by atoms with Crippen LogP contribution < -0.4 is 16.0 Å². The van der Waals surface area contributed by atoms with E-state index in [1.165, 1.54) is 0 Å². The van der Waals surface area contributed by atoms with Crippen LogP contribution in [0.5, 0.6) is 0 Å². The molecule has 0 aromatic rings. The van der Waals surface area contributed by atoms with E-state index in [9.17, 15) is 9.59 Å². The Morgan fingerprint density at radius 2 is 1.56 bits per heavy atom. The lowest BCUT2D eigenvalue weighted by Gasteiger charge is -2.09. The minimum atomic E-state index is -0.127. The maximum absolute atomic E-state index is 11.5. The van der Waals surface area contributed by atoms with Gasteiger partial charge in [-0.2, -0.15) is 0 Å². The minimum absolute atomic E-state index is 0.0819. The predicted octanol–water partition coefficient (Wildman–Crippen LogP) is 0.448. The van der Waals surface area contributed by atoms with E-state index in [0.29, 0.717) is 12.5 Å². The van der Waals surface area contributed by atoms with Gasteiger partial charge in [-0.25, -0.2) is 0 Å². The molecule has 5 heteroatoms. The summed E-state index contributed by atoms with van der Waals surface area (Å²) in [5.41, 5.74) is 0. The first-order valence-corrected chi connectivity index (χ1v) is 6.67. The van der Waals surface area contributed by atoms with Crippen molar-refractivity contribution in [1.82, 2.24) is 16.0 Å². The van der Waals surface area contributed by atoms with Crippen molar-refractivity contribution in [3.63, 3.8) is 0 Å². The molecule has 5 nitrogen and oxygen atoms in total. The van der Waals surface area contributed by atoms with E-state index in [4.69, 9.17) is 0 Å². The number of ketones is 1. The van der Waals surface area contributed by atoms with Gasteiger partial charge >= 0.3 is 0 Å². The number of rotatable bonds is 10. The standard InChI is InChI=1S/C13H27N3O2/c1-10(2)14-7-5-6-12(17)8-16-13(18)9-15-11(3)4/h10-11,14-15H,5-9H2,1-4H3,(H,16,18). The zero-order chi connectivity index (χ0) is 14.0. The van der Waals surface area contributed by atoms with Crippen LogP contribution in [0.25, 0.3) is 0 Å². The van der Waals surface area contributed by atoms with Crippen molar-refractivity contribution in [2.75, 3.05) is 19.6 Å². The molecule has 0 radical (unpaired) electrons. The van der Waals surface area contributed by atoms with Crippen molar-refractivity contribution in [2.45, 2.75) is 52.6 Å². The van der Waals surface area contributed by atoms with Gasteiger partial charge in [-0.1, -0.05) is 27.7 Å². The second-order valence-corrected chi connectivity index (χ2v) is 5.06. The second kappa shape index (κ2) is 10.0. The van der Waals surface area contributed by atoms with Crippen LogP contribution in [0.4, 0.5) is 0 Å². The first-order valence-electron chi connectivity index (χ1n) is 6.67. The van der Waals surface area contributed by atoms with E-state index >= 15 is 0 Å². The Kier molecular flexibility index (Phi) is 9.50. The van der Waals surface area contributed by atoms with E-state index in [-0.39, 0.29) is 30.8 Å². The van der Waals surface area contributed by atoms with E-state index in [1.54, 1.807) is 0 Å². The molecule has 0 unspecified atom stereocenters. The Morgan fingerprint density at radius 3 is 2.11 bits per heavy atom. The summed E-state index contributed by atoms with van der Waals surface area (Å²) in [5.74, 6) is -0.0455. The molecule has 0 aliphatic rings. The van der Waals surface area contributed by atoms with Crippen LogP contribution >= 0.6 is 0 Å². The number of nitrogens with one attached hydrogen (secondary N) is 3. The molecule has 0 spiro atoms. The quantitative estimate of drug-likeness (QED) is 0.497. The van der Waals surface area contributed by atoms with E-state index in [2.05, 4.69) is 29.8 Å². The fourth-order valence-electron chi connectivity index (χ4n) is 1.32. The highest BCUT2D eigenvalue weighted by Crippen LogP contribution is 1.90. The van der Waals surface area contributed by atoms with Crippen LogP contribution in [0.1, 0.15) is 40.5 Å². The highest BCUT2D eigenvalue weighted by atomic mass is 16.2. The van der Waals surface area contributed by atoms with Crippen molar-refractivity contribution < 1.29 is 9.59 Å². The van der Waals surface area contributed by atoms with Crippen LogP contribution in [-0.2, 0) is 9.59 Å². The minimum Gasteiger partial charge on any atom is -0.348 e. The third-order valence-corrected chi connectivity index (χ3v) is 2.34. The molecule has 0 aliphatic carbocycles. The van der Waals surface area contributed by atoms with Crippen LogP contribution in [-0.4, -0.2) is 43.4 Å². The molecule has 0 rings (SSSR count). The van der Waals surface area contributed by atoms with Crippen molar-refractivity contribution in [2.24, 2.45) is 0 Å². The van der Waals surface area contributed by atoms with Crippen molar-refractivity contribution in [3.8, 4) is 0 Å². The lowest BCUT2D eigenvalue weighted by atomic mass is 10.2. The van der Waals surface area contributed by atoms with E-state index in [0.717, 1.165) is 13.0 Å². The maximum atomic E-state index is 11.5. The molecule has 0 atom stereocenters. The molecule has 106 valence electrons. The fourth-order valence-corrected chi connectivity index (χ4v) is 1.32. The summed E-state index contributed by atoms with van der Waals surface area (Å²) in [7, 11) is 0. The topological polar surface area (TPSA) is 70.2 Å². The van der Waals surface area contributed by atoms with Crippen molar-refractivity contribution in [1.29, 1.82) is 0 Å². The highest BCUT2D eigenvalue weighted by Gasteiger charge is 2.06. The van der Waals surface area contributed by atoms with Gasteiger partial charge in [0.25, 0.3) is 0 Å². The Balaban J connectivity index is 3.49. The van der Waals surface area contributed by atoms with Crippen molar-refractivity contribution in [3.05, 3.63) is 0 Å². The van der Waals surface area contributed by atoms with E-state index in [1.807, 2.05) is 13.8 Å². The monoisotopic (exact) mass is 257 g/mol. The zero-order valence-electron chi connectivity index (χ0n) is 12.0. The molecule has 0 aromatic heterocycles. The van der Waals surface area contributed by atoms with Gasteiger partial charge in [0.15, 0.2) is 5.78 Å². The predicted molar refractivity (Wildman–Crippen MR) is 73.5 cm³/mol. The summed E-state index contributed by atoms with van der Waals surface area (Å²) in [6.45, 7) is 9.33. The zero-order valence-corrected chi connectivity index (χ0v) is 12.0.